The fourth-order valence-corrected chi connectivity index (χ4v) is 1.71. The first kappa shape index (κ1) is 10.6. The lowest BCUT2D eigenvalue weighted by Crippen LogP contribution is -1.96. The van der Waals surface area contributed by atoms with Crippen LogP contribution in [-0.2, 0) is 0 Å². The third kappa shape index (κ3) is 1.56. The molecule has 0 bridgehead atoms. The second-order valence-electron chi connectivity index (χ2n) is 3.35. The SMILES string of the molecule is N#Cc1c([N+](=O)[O-])cc2ccccc2c1C#N. The molecular weight excluding hydrogens is 218 g/mol. The normalized spacial score (nSPS) is 9.53. The lowest BCUT2D eigenvalue weighted by atomic mass is 9.99. The predicted octanol–water partition coefficient (Wildman–Crippen LogP) is 2.49. The van der Waals surface area contributed by atoms with E-state index < -0.39 is 4.92 Å². The van der Waals surface area contributed by atoms with E-state index in [4.69, 9.17) is 10.5 Å². The number of nitriles is 2. The van der Waals surface area contributed by atoms with Gasteiger partial charge in [0.05, 0.1) is 10.5 Å². The number of nitrogens with zero attached hydrogens (tertiary/aromatic N) is 3. The number of nitro benzene ring substituents is 1. The summed E-state index contributed by atoms with van der Waals surface area (Å²) in [6.07, 6.45) is 0. The number of hydrogen-bond donors (Lipinski definition) is 0. The fourth-order valence-electron chi connectivity index (χ4n) is 1.71. The van der Waals surface area contributed by atoms with E-state index in [2.05, 4.69) is 0 Å². The van der Waals surface area contributed by atoms with E-state index in [0.29, 0.717) is 10.8 Å². The average molecular weight is 223 g/mol. The van der Waals surface area contributed by atoms with Gasteiger partial charge in [0.2, 0.25) is 0 Å². The Morgan fingerprint density at radius 2 is 1.76 bits per heavy atom. The first-order valence-electron chi connectivity index (χ1n) is 4.69. The molecule has 0 atom stereocenters. The molecule has 0 radical (unpaired) electrons. The van der Waals surface area contributed by atoms with Crippen LogP contribution in [0.25, 0.3) is 10.8 Å². The Morgan fingerprint density at radius 3 is 2.35 bits per heavy atom. The zero-order valence-corrected chi connectivity index (χ0v) is 8.54. The van der Waals surface area contributed by atoms with Crippen LogP contribution < -0.4 is 0 Å². The topological polar surface area (TPSA) is 90.7 Å². The summed E-state index contributed by atoms with van der Waals surface area (Å²) in [7, 11) is 0. The van der Waals surface area contributed by atoms with E-state index in [0.717, 1.165) is 0 Å². The molecule has 0 heterocycles. The number of rotatable bonds is 1. The highest BCUT2D eigenvalue weighted by molar-refractivity contribution is 5.92. The molecule has 80 valence electrons. The highest BCUT2D eigenvalue weighted by Gasteiger charge is 2.20. The zero-order chi connectivity index (χ0) is 12.4. The van der Waals surface area contributed by atoms with Gasteiger partial charge >= 0.3 is 0 Å². The molecule has 2 rings (SSSR count). The van der Waals surface area contributed by atoms with Gasteiger partial charge in [-0.1, -0.05) is 24.3 Å². The van der Waals surface area contributed by atoms with Crippen molar-refractivity contribution in [1.82, 2.24) is 0 Å². The molecule has 0 aromatic heterocycles. The van der Waals surface area contributed by atoms with Gasteiger partial charge < -0.3 is 0 Å². The molecule has 0 aliphatic carbocycles. The average Bonchev–Trinajstić information content (AvgIpc) is 2.36. The highest BCUT2D eigenvalue weighted by atomic mass is 16.6. The van der Waals surface area contributed by atoms with Crippen molar-refractivity contribution in [1.29, 1.82) is 10.5 Å². The molecule has 2 aromatic rings. The summed E-state index contributed by atoms with van der Waals surface area (Å²) in [6, 6.07) is 11.7. The van der Waals surface area contributed by atoms with E-state index in [1.165, 1.54) is 6.07 Å². The van der Waals surface area contributed by atoms with Gasteiger partial charge in [0.15, 0.2) is 0 Å². The summed E-state index contributed by atoms with van der Waals surface area (Å²) < 4.78 is 0. The lowest BCUT2D eigenvalue weighted by Gasteiger charge is -2.02. The van der Waals surface area contributed by atoms with Gasteiger partial charge in [0, 0.05) is 11.5 Å². The number of hydrogen-bond acceptors (Lipinski definition) is 4. The first-order chi connectivity index (χ1) is 8.19. The fraction of sp³-hybridized carbons (Fsp3) is 0. The maximum absolute atomic E-state index is 10.8. The zero-order valence-electron chi connectivity index (χ0n) is 8.54. The monoisotopic (exact) mass is 223 g/mol. The molecule has 0 saturated carbocycles. The van der Waals surface area contributed by atoms with Crippen LogP contribution in [0.5, 0.6) is 0 Å². The summed E-state index contributed by atoms with van der Waals surface area (Å²) in [5.74, 6) is 0. The van der Waals surface area contributed by atoms with Gasteiger partial charge in [0.25, 0.3) is 5.69 Å². The van der Waals surface area contributed by atoms with Gasteiger partial charge in [-0.25, -0.2) is 0 Å². The van der Waals surface area contributed by atoms with Gasteiger partial charge in [0.1, 0.15) is 17.7 Å². The van der Waals surface area contributed by atoms with E-state index in [1.807, 2.05) is 6.07 Å². The Bertz CT molecular complexity index is 708. The van der Waals surface area contributed by atoms with Gasteiger partial charge in [-0.2, -0.15) is 10.5 Å². The Labute approximate surface area is 96.3 Å². The van der Waals surface area contributed by atoms with Crippen LogP contribution in [0.15, 0.2) is 30.3 Å². The third-order valence-electron chi connectivity index (χ3n) is 2.45. The van der Waals surface area contributed by atoms with Crippen LogP contribution in [0.2, 0.25) is 0 Å². The molecule has 0 spiro atoms. The van der Waals surface area contributed by atoms with Crippen LogP contribution >= 0.6 is 0 Å². The molecule has 0 unspecified atom stereocenters. The molecule has 0 aliphatic rings. The maximum atomic E-state index is 10.8. The maximum Gasteiger partial charge on any atom is 0.289 e. The van der Waals surface area contributed by atoms with Crippen LogP contribution in [0, 0.1) is 32.8 Å². The van der Waals surface area contributed by atoms with Crippen molar-refractivity contribution >= 4 is 16.5 Å². The molecule has 0 saturated heterocycles. The molecule has 17 heavy (non-hydrogen) atoms. The molecule has 5 heteroatoms. The number of fused-ring (bicyclic) bond motifs is 1. The van der Waals surface area contributed by atoms with E-state index >= 15 is 0 Å². The summed E-state index contributed by atoms with van der Waals surface area (Å²) in [4.78, 5) is 10.2. The van der Waals surface area contributed by atoms with Crippen molar-refractivity contribution in [3.05, 3.63) is 51.6 Å². The summed E-state index contributed by atoms with van der Waals surface area (Å²) in [5, 5.41) is 29.9. The Morgan fingerprint density at radius 1 is 1.12 bits per heavy atom. The number of nitro groups is 1. The summed E-state index contributed by atoms with van der Waals surface area (Å²) >= 11 is 0. The van der Waals surface area contributed by atoms with Crippen LogP contribution in [0.4, 0.5) is 5.69 Å². The Balaban J connectivity index is 3.01. The first-order valence-corrected chi connectivity index (χ1v) is 4.69. The lowest BCUT2D eigenvalue weighted by molar-refractivity contribution is -0.385. The van der Waals surface area contributed by atoms with Crippen molar-refractivity contribution in [2.75, 3.05) is 0 Å². The Hall–Kier alpha value is -2.92. The molecule has 0 amide bonds. The second-order valence-corrected chi connectivity index (χ2v) is 3.35. The summed E-state index contributed by atoms with van der Waals surface area (Å²) in [6.45, 7) is 0. The molecule has 2 aromatic carbocycles. The molecule has 5 nitrogen and oxygen atoms in total. The standard InChI is InChI=1S/C12H5N3O2/c13-6-10-9-4-2-1-3-8(9)5-12(15(16)17)11(10)7-14/h1-5H. The summed E-state index contributed by atoms with van der Waals surface area (Å²) in [5.41, 5.74) is -0.462. The third-order valence-corrected chi connectivity index (χ3v) is 2.45. The minimum Gasteiger partial charge on any atom is -0.258 e. The Kier molecular flexibility index (Phi) is 2.44. The van der Waals surface area contributed by atoms with Crippen molar-refractivity contribution < 1.29 is 4.92 Å². The molecule has 0 fully saturated rings. The minimum atomic E-state index is -0.647. The van der Waals surface area contributed by atoms with Gasteiger partial charge in [-0.15, -0.1) is 0 Å². The predicted molar refractivity (Wildman–Crippen MR) is 60.0 cm³/mol. The van der Waals surface area contributed by atoms with Gasteiger partial charge in [-0.3, -0.25) is 10.1 Å². The molecule has 0 N–H and O–H groups in total. The van der Waals surface area contributed by atoms with Gasteiger partial charge in [-0.05, 0) is 5.39 Å². The van der Waals surface area contributed by atoms with Crippen LogP contribution in [0.1, 0.15) is 11.1 Å². The van der Waals surface area contributed by atoms with Crippen LogP contribution in [0.3, 0.4) is 0 Å². The van der Waals surface area contributed by atoms with Crippen molar-refractivity contribution in [2.45, 2.75) is 0 Å². The van der Waals surface area contributed by atoms with E-state index in [-0.39, 0.29) is 16.8 Å². The van der Waals surface area contributed by atoms with Crippen LogP contribution in [-0.4, -0.2) is 4.92 Å². The van der Waals surface area contributed by atoms with Crippen molar-refractivity contribution in [3.8, 4) is 12.1 Å². The molecular formula is C12H5N3O2. The highest BCUT2D eigenvalue weighted by Crippen LogP contribution is 2.29. The number of benzene rings is 2. The smallest absolute Gasteiger partial charge is 0.258 e. The van der Waals surface area contributed by atoms with E-state index in [9.17, 15) is 10.1 Å². The quantitative estimate of drug-likeness (QED) is 0.548. The second kappa shape index (κ2) is 3.92. The van der Waals surface area contributed by atoms with Crippen molar-refractivity contribution in [3.63, 3.8) is 0 Å². The molecule has 0 aliphatic heterocycles. The van der Waals surface area contributed by atoms with E-state index in [1.54, 1.807) is 30.3 Å². The minimum absolute atomic E-state index is 0.0531. The largest absolute Gasteiger partial charge is 0.289 e. The van der Waals surface area contributed by atoms with Crippen molar-refractivity contribution in [2.24, 2.45) is 0 Å².